The molecule has 318 valence electrons. The predicted molar refractivity (Wildman–Crippen MR) is 231 cm³/mol. The van der Waals surface area contributed by atoms with Gasteiger partial charge in [-0.25, -0.2) is 19.6 Å². The molecule has 0 radical (unpaired) electrons. The van der Waals surface area contributed by atoms with Crippen LogP contribution >= 0.6 is 0 Å². The number of benzene rings is 4. The maximum atomic E-state index is 13.8. The summed E-state index contributed by atoms with van der Waals surface area (Å²) in [6.07, 6.45) is 4.78. The number of ether oxygens (including phenoxy) is 2. The quantitative estimate of drug-likeness (QED) is 0.0912. The third kappa shape index (κ3) is 7.58. The first kappa shape index (κ1) is 40.3. The minimum absolute atomic E-state index is 0.119. The summed E-state index contributed by atoms with van der Waals surface area (Å²) in [5.41, 5.74) is 7.27. The summed E-state index contributed by atoms with van der Waals surface area (Å²) in [5.74, 6) is 1.61. The first-order chi connectivity index (χ1) is 30.1. The first-order valence-corrected chi connectivity index (χ1v) is 21.0. The Morgan fingerprint density at radius 3 is 2.06 bits per heavy atom. The summed E-state index contributed by atoms with van der Waals surface area (Å²) in [4.78, 5) is 71.1. The van der Waals surface area contributed by atoms with Gasteiger partial charge in [-0.2, -0.15) is 0 Å². The van der Waals surface area contributed by atoms with Gasteiger partial charge in [0.25, 0.3) is 5.91 Å². The van der Waals surface area contributed by atoms with Gasteiger partial charge in [-0.05, 0) is 77.4 Å². The number of aromatic amines is 2. The van der Waals surface area contributed by atoms with Gasteiger partial charge in [-0.15, -0.1) is 0 Å². The molecule has 4 amide bonds. The molecule has 2 aromatic heterocycles. The van der Waals surface area contributed by atoms with Crippen LogP contribution in [0.4, 0.5) is 9.59 Å². The minimum atomic E-state index is -1.26. The number of hydrogen-bond donors (Lipinski definition) is 5. The highest BCUT2D eigenvalue weighted by Gasteiger charge is 2.39. The number of amides is 4. The number of likely N-dealkylation sites (tertiary alicyclic amines) is 2. The molecule has 4 atom stereocenters. The normalized spacial score (nSPS) is 17.9. The second kappa shape index (κ2) is 16.7. The van der Waals surface area contributed by atoms with Crippen LogP contribution in [0.5, 0.6) is 5.75 Å². The summed E-state index contributed by atoms with van der Waals surface area (Å²) >= 11 is 0. The van der Waals surface area contributed by atoms with E-state index in [2.05, 4.69) is 63.1 Å². The van der Waals surface area contributed by atoms with Crippen molar-refractivity contribution in [3.05, 3.63) is 114 Å². The summed E-state index contributed by atoms with van der Waals surface area (Å²) in [6.45, 7) is 5.27. The highest BCUT2D eigenvalue weighted by Crippen LogP contribution is 2.44. The lowest BCUT2D eigenvalue weighted by Crippen LogP contribution is -2.51. The van der Waals surface area contributed by atoms with Gasteiger partial charge in [0.15, 0.2) is 0 Å². The zero-order chi connectivity index (χ0) is 43.1. The van der Waals surface area contributed by atoms with Crippen molar-refractivity contribution in [2.24, 2.45) is 5.92 Å². The molecule has 2 fully saturated rings. The van der Waals surface area contributed by atoms with Gasteiger partial charge in [0.05, 0.1) is 43.0 Å². The number of carboxylic acid groups (broad SMARTS) is 1. The van der Waals surface area contributed by atoms with Gasteiger partial charge in [0, 0.05) is 29.6 Å². The van der Waals surface area contributed by atoms with Gasteiger partial charge in [-0.1, -0.05) is 74.5 Å². The van der Waals surface area contributed by atoms with Crippen LogP contribution in [0.25, 0.3) is 44.4 Å². The van der Waals surface area contributed by atoms with E-state index in [4.69, 9.17) is 19.4 Å². The van der Waals surface area contributed by atoms with Crippen LogP contribution in [0.2, 0.25) is 0 Å². The molecule has 0 bridgehead atoms. The van der Waals surface area contributed by atoms with E-state index in [1.165, 1.54) is 7.11 Å². The number of imidazole rings is 2. The van der Waals surface area contributed by atoms with E-state index in [-0.39, 0.29) is 29.8 Å². The Morgan fingerprint density at radius 1 is 0.790 bits per heavy atom. The Balaban J connectivity index is 0.915. The van der Waals surface area contributed by atoms with Crippen molar-refractivity contribution >= 4 is 34.8 Å². The van der Waals surface area contributed by atoms with E-state index >= 15 is 0 Å². The molecule has 4 aromatic carbocycles. The second-order valence-electron chi connectivity index (χ2n) is 16.4. The number of rotatable bonds is 10. The number of carbonyl (C=O) groups excluding carboxylic acids is 3. The van der Waals surface area contributed by atoms with Gasteiger partial charge in [0.2, 0.25) is 5.91 Å². The number of H-pyrrole nitrogens is 2. The molecule has 0 saturated carbocycles. The van der Waals surface area contributed by atoms with Gasteiger partial charge >= 0.3 is 12.2 Å². The number of methoxy groups -OCH3 is 1. The van der Waals surface area contributed by atoms with Crippen molar-refractivity contribution < 1.29 is 33.8 Å². The van der Waals surface area contributed by atoms with Crippen molar-refractivity contribution in [1.29, 1.82) is 0 Å². The lowest BCUT2D eigenvalue weighted by molar-refractivity contribution is -0.135. The molecule has 0 spiro atoms. The summed E-state index contributed by atoms with van der Waals surface area (Å²) < 4.78 is 11.3. The zero-order valence-corrected chi connectivity index (χ0v) is 34.7. The molecule has 62 heavy (non-hydrogen) atoms. The summed E-state index contributed by atoms with van der Waals surface area (Å²) in [5, 5.41) is 16.7. The van der Waals surface area contributed by atoms with Crippen LogP contribution in [0.1, 0.15) is 80.4 Å². The molecule has 15 heteroatoms. The van der Waals surface area contributed by atoms with Crippen molar-refractivity contribution in [2.75, 3.05) is 20.2 Å². The zero-order valence-electron chi connectivity index (χ0n) is 34.7. The highest BCUT2D eigenvalue weighted by molar-refractivity contribution is 5.98. The van der Waals surface area contributed by atoms with Crippen LogP contribution < -0.4 is 15.4 Å². The maximum absolute atomic E-state index is 13.8. The van der Waals surface area contributed by atoms with Crippen LogP contribution in [-0.2, 0) is 20.9 Å². The molecular weight excluding hydrogens is 789 g/mol. The lowest BCUT2D eigenvalue weighted by atomic mass is 9.92. The van der Waals surface area contributed by atoms with E-state index in [0.717, 1.165) is 75.0 Å². The number of hydrogen-bond acceptors (Lipinski definition) is 8. The van der Waals surface area contributed by atoms with Crippen molar-refractivity contribution in [3.8, 4) is 39.4 Å². The molecule has 3 aliphatic heterocycles. The average Bonchev–Trinajstić information content (AvgIpc) is 4.14. The molecule has 5 N–H and O–H groups in total. The fourth-order valence-electron chi connectivity index (χ4n) is 9.17. The van der Waals surface area contributed by atoms with Gasteiger partial charge in [-0.3, -0.25) is 9.59 Å². The van der Waals surface area contributed by atoms with Gasteiger partial charge < -0.3 is 45.0 Å². The Labute approximate surface area is 357 Å². The molecule has 2 saturated heterocycles. The molecule has 0 unspecified atom stereocenters. The molecule has 5 heterocycles. The number of alkyl carbamates (subject to hydrolysis) is 1. The van der Waals surface area contributed by atoms with Crippen molar-refractivity contribution in [3.63, 3.8) is 0 Å². The third-order valence-electron chi connectivity index (χ3n) is 12.3. The van der Waals surface area contributed by atoms with Gasteiger partial charge in [0.1, 0.15) is 36.1 Å². The highest BCUT2D eigenvalue weighted by atomic mass is 16.5. The molecule has 6 aromatic rings. The molecule has 15 nitrogen and oxygen atoms in total. The lowest BCUT2D eigenvalue weighted by Gasteiger charge is -2.30. The number of nitrogens with zero attached hydrogens (tertiary/aromatic N) is 4. The van der Waals surface area contributed by atoms with E-state index in [9.17, 15) is 24.3 Å². The Bertz CT molecular complexity index is 2680. The van der Waals surface area contributed by atoms with E-state index in [1.54, 1.807) is 46.5 Å². The average molecular weight is 837 g/mol. The van der Waals surface area contributed by atoms with Crippen molar-refractivity contribution in [1.82, 2.24) is 40.4 Å². The van der Waals surface area contributed by atoms with Crippen LogP contribution in [-0.4, -0.2) is 85.1 Å². The smallest absolute Gasteiger partial charge is 0.407 e. The molecule has 9 rings (SSSR count). The van der Waals surface area contributed by atoms with Crippen molar-refractivity contribution in [2.45, 2.75) is 70.3 Å². The van der Waals surface area contributed by atoms with E-state index in [1.807, 2.05) is 26.0 Å². The monoisotopic (exact) mass is 836 g/mol. The fraction of sp³-hybridized carbons (Fsp3) is 0.319. The number of aromatic nitrogens is 4. The third-order valence-corrected chi connectivity index (χ3v) is 12.3. The van der Waals surface area contributed by atoms with E-state index in [0.29, 0.717) is 43.3 Å². The van der Waals surface area contributed by atoms with E-state index < -0.39 is 24.3 Å². The largest absolute Gasteiger partial charge is 0.488 e. The van der Waals surface area contributed by atoms with Crippen LogP contribution in [0, 0.1) is 5.92 Å². The maximum Gasteiger partial charge on any atom is 0.407 e. The number of fused-ring (bicyclic) bond motifs is 5. The van der Waals surface area contributed by atoms with Crippen LogP contribution in [0.15, 0.2) is 91.3 Å². The second-order valence-corrected chi connectivity index (χ2v) is 16.4. The molecular formula is C47H48N8O7. The standard InChI is InChI=1S/C47H48N8O7/c1-26(2)39(53-47(60)61-3)44(56)54-19-7-11-37(54)42-49-24-36(51-42)30-14-16-32-31(22-30)25-62-41-33-17-15-29(21-28(33)13-18-34(32)41)35-23-48-43(50-35)38-12-8-20-55(38)45(57)40(52-46(58)59)27-9-5-4-6-10-27/h4-6,9-10,13-18,21-24,26,37-40,52H,7-8,11-12,19-20,25H2,1-3H3,(H,48,50)(H,49,51)(H,53,60)(H,58,59)/t37-,38-,39-,40+/m0/s1. The minimum Gasteiger partial charge on any atom is -0.488 e. The number of carbonyl (C=O) groups is 4. The molecule has 3 aliphatic rings. The summed E-state index contributed by atoms with van der Waals surface area (Å²) in [7, 11) is 1.29. The number of nitrogens with one attached hydrogen (secondary N) is 4. The Hall–Kier alpha value is -7.16. The topological polar surface area (TPSA) is 195 Å². The summed E-state index contributed by atoms with van der Waals surface area (Å²) in [6, 6.07) is 23.3. The van der Waals surface area contributed by atoms with Crippen LogP contribution in [0.3, 0.4) is 0 Å². The SMILES string of the molecule is COC(=O)N[C@H](C(=O)N1CCC[C@H]1c1ncc(-c2ccc3c(c2)COc2c-3ccc3cc(-c4cnc([C@@H]5CCCN5C(=O)[C@H](NC(=O)O)c5ccccc5)[nH]4)ccc23)[nH]1)C(C)C. The first-order valence-electron chi connectivity index (χ1n) is 21.0. The predicted octanol–water partition coefficient (Wildman–Crippen LogP) is 7.90. The Kier molecular flexibility index (Phi) is 10.9. The Morgan fingerprint density at radius 2 is 1.42 bits per heavy atom. The molecule has 0 aliphatic carbocycles. The fourth-order valence-corrected chi connectivity index (χ4v) is 9.17.